The molecule has 0 radical (unpaired) electrons. The van der Waals surface area contributed by atoms with Crippen LogP contribution in [-0.2, 0) is 9.59 Å². The van der Waals surface area contributed by atoms with Gasteiger partial charge in [-0.2, -0.15) is 10.5 Å². The van der Waals surface area contributed by atoms with Crippen LogP contribution < -0.4 is 10.6 Å². The van der Waals surface area contributed by atoms with Crippen LogP contribution in [0.5, 0.6) is 0 Å². The standard InChI is InChI=1S/C26H16F2N4O2/c27-21-8-1-3-10-23(21)31-25(33)19(15-29)13-17-6-5-7-18(12-17)14-20(16-30)26(34)32-24-11-4-2-9-22(24)28/h1-14H,(H,31,33)(H,32,34). The molecular weight excluding hydrogens is 438 g/mol. The molecule has 0 saturated carbocycles. The van der Waals surface area contributed by atoms with Gasteiger partial charge in [-0.3, -0.25) is 9.59 Å². The van der Waals surface area contributed by atoms with Crippen molar-refractivity contribution in [3.05, 3.63) is 107 Å². The van der Waals surface area contributed by atoms with Gasteiger partial charge in [0.05, 0.1) is 11.4 Å². The number of nitrogens with one attached hydrogen (secondary N) is 2. The highest BCUT2D eigenvalue weighted by atomic mass is 19.1. The molecule has 0 spiro atoms. The lowest BCUT2D eigenvalue weighted by Crippen LogP contribution is -2.14. The minimum Gasteiger partial charge on any atom is -0.319 e. The summed E-state index contributed by atoms with van der Waals surface area (Å²) in [5.74, 6) is -2.87. The monoisotopic (exact) mass is 454 g/mol. The summed E-state index contributed by atoms with van der Waals surface area (Å²) in [5.41, 5.74) is 0.181. The summed E-state index contributed by atoms with van der Waals surface area (Å²) in [7, 11) is 0. The number of nitrogens with zero attached hydrogens (tertiary/aromatic N) is 2. The van der Waals surface area contributed by atoms with Gasteiger partial charge in [-0.25, -0.2) is 8.78 Å². The molecule has 166 valence electrons. The molecule has 0 unspecified atom stereocenters. The Morgan fingerprint density at radius 2 is 1.09 bits per heavy atom. The van der Waals surface area contributed by atoms with Crippen molar-refractivity contribution in [3.8, 4) is 12.1 Å². The zero-order valence-electron chi connectivity index (χ0n) is 17.5. The van der Waals surface area contributed by atoms with Crippen LogP contribution in [-0.4, -0.2) is 11.8 Å². The topological polar surface area (TPSA) is 106 Å². The number of halogens is 2. The molecule has 3 rings (SSSR count). The van der Waals surface area contributed by atoms with Crippen molar-refractivity contribution >= 4 is 35.3 Å². The maximum absolute atomic E-state index is 13.8. The molecule has 0 aliphatic heterocycles. The summed E-state index contributed by atoms with van der Waals surface area (Å²) in [6.07, 6.45) is 2.58. The van der Waals surface area contributed by atoms with Gasteiger partial charge in [-0.1, -0.05) is 42.5 Å². The van der Waals surface area contributed by atoms with Crippen LogP contribution in [0.25, 0.3) is 12.2 Å². The molecule has 2 amide bonds. The summed E-state index contributed by atoms with van der Waals surface area (Å²) in [4.78, 5) is 24.8. The first kappa shape index (κ1) is 23.6. The van der Waals surface area contributed by atoms with E-state index in [1.165, 1.54) is 48.6 Å². The number of anilines is 2. The average molecular weight is 454 g/mol. The Balaban J connectivity index is 1.82. The summed E-state index contributed by atoms with van der Waals surface area (Å²) in [6.45, 7) is 0. The fourth-order valence-electron chi connectivity index (χ4n) is 2.87. The summed E-state index contributed by atoms with van der Waals surface area (Å²) >= 11 is 0. The van der Waals surface area contributed by atoms with Crippen molar-refractivity contribution in [2.45, 2.75) is 0 Å². The number of amides is 2. The van der Waals surface area contributed by atoms with Crippen molar-refractivity contribution in [2.24, 2.45) is 0 Å². The van der Waals surface area contributed by atoms with Crippen LogP contribution in [0.1, 0.15) is 11.1 Å². The smallest absolute Gasteiger partial charge is 0.266 e. The third kappa shape index (κ3) is 6.00. The second kappa shape index (κ2) is 11.0. The quantitative estimate of drug-likeness (QED) is 0.401. The van der Waals surface area contributed by atoms with E-state index in [-0.39, 0.29) is 22.5 Å². The van der Waals surface area contributed by atoms with Gasteiger partial charge in [0.1, 0.15) is 34.9 Å². The molecule has 0 saturated heterocycles. The van der Waals surface area contributed by atoms with E-state index in [1.807, 2.05) is 0 Å². The van der Waals surface area contributed by atoms with Gasteiger partial charge in [-0.05, 0) is 53.6 Å². The molecule has 3 aromatic rings. The highest BCUT2D eigenvalue weighted by molar-refractivity contribution is 6.10. The Hall–Kier alpha value is -5.08. The largest absolute Gasteiger partial charge is 0.319 e. The van der Waals surface area contributed by atoms with Gasteiger partial charge in [0.2, 0.25) is 0 Å². The minimum absolute atomic E-state index is 0.0649. The molecule has 0 aliphatic rings. The second-order valence-electron chi connectivity index (χ2n) is 6.88. The number of hydrogen-bond acceptors (Lipinski definition) is 4. The molecule has 0 bridgehead atoms. The molecular formula is C26H16F2N4O2. The van der Waals surface area contributed by atoms with E-state index in [0.717, 1.165) is 0 Å². The Kier molecular flexibility index (Phi) is 7.62. The number of nitriles is 2. The lowest BCUT2D eigenvalue weighted by molar-refractivity contribution is -0.113. The first-order chi connectivity index (χ1) is 16.4. The average Bonchev–Trinajstić information content (AvgIpc) is 2.84. The van der Waals surface area contributed by atoms with E-state index in [9.17, 15) is 28.9 Å². The first-order valence-corrected chi connectivity index (χ1v) is 9.86. The van der Waals surface area contributed by atoms with Crippen LogP contribution in [0.3, 0.4) is 0 Å². The molecule has 6 nitrogen and oxygen atoms in total. The number of hydrogen-bond donors (Lipinski definition) is 2. The third-order valence-corrected chi connectivity index (χ3v) is 4.51. The highest BCUT2D eigenvalue weighted by Crippen LogP contribution is 2.18. The molecule has 34 heavy (non-hydrogen) atoms. The SMILES string of the molecule is N#CC(=Cc1cccc(C=C(C#N)C(=O)Nc2ccccc2F)c1)C(=O)Nc1ccccc1F. The minimum atomic E-state index is -0.796. The second-order valence-corrected chi connectivity index (χ2v) is 6.88. The van der Waals surface area contributed by atoms with Gasteiger partial charge >= 0.3 is 0 Å². The van der Waals surface area contributed by atoms with E-state index >= 15 is 0 Å². The Morgan fingerprint density at radius 3 is 1.47 bits per heavy atom. The molecule has 0 aromatic heterocycles. The summed E-state index contributed by atoms with van der Waals surface area (Å²) in [5, 5.41) is 23.4. The molecule has 3 aromatic carbocycles. The molecule has 0 atom stereocenters. The maximum atomic E-state index is 13.8. The highest BCUT2D eigenvalue weighted by Gasteiger charge is 2.13. The van der Waals surface area contributed by atoms with Gasteiger partial charge < -0.3 is 10.6 Å². The maximum Gasteiger partial charge on any atom is 0.266 e. The van der Waals surface area contributed by atoms with Crippen molar-refractivity contribution in [3.63, 3.8) is 0 Å². The normalized spacial score (nSPS) is 11.2. The van der Waals surface area contributed by atoms with E-state index in [2.05, 4.69) is 10.6 Å². The van der Waals surface area contributed by atoms with Crippen molar-refractivity contribution in [2.75, 3.05) is 10.6 Å². The predicted molar refractivity (Wildman–Crippen MR) is 124 cm³/mol. The molecule has 0 aliphatic carbocycles. The van der Waals surface area contributed by atoms with E-state index in [1.54, 1.807) is 48.5 Å². The Bertz CT molecular complexity index is 1300. The van der Waals surface area contributed by atoms with Crippen LogP contribution in [0.4, 0.5) is 20.2 Å². The van der Waals surface area contributed by atoms with Crippen LogP contribution in [0.15, 0.2) is 83.9 Å². The lowest BCUT2D eigenvalue weighted by Gasteiger charge is -2.06. The number of rotatable bonds is 6. The molecule has 0 heterocycles. The van der Waals surface area contributed by atoms with Gasteiger partial charge in [0.15, 0.2) is 0 Å². The number of carbonyl (C=O) groups excluding carboxylic acids is 2. The Labute approximate surface area is 194 Å². The fourth-order valence-corrected chi connectivity index (χ4v) is 2.87. The van der Waals surface area contributed by atoms with Crippen molar-refractivity contribution in [1.82, 2.24) is 0 Å². The molecule has 0 fully saturated rings. The van der Waals surface area contributed by atoms with Crippen molar-refractivity contribution in [1.29, 1.82) is 10.5 Å². The summed E-state index contributed by atoms with van der Waals surface area (Å²) < 4.78 is 27.5. The summed E-state index contributed by atoms with van der Waals surface area (Å²) in [6, 6.07) is 21.0. The van der Waals surface area contributed by atoms with Crippen LogP contribution in [0.2, 0.25) is 0 Å². The zero-order chi connectivity index (χ0) is 24.5. The zero-order valence-corrected chi connectivity index (χ0v) is 17.5. The third-order valence-electron chi connectivity index (χ3n) is 4.51. The molecule has 2 N–H and O–H groups in total. The van der Waals surface area contributed by atoms with Gasteiger partial charge in [0, 0.05) is 0 Å². The lowest BCUT2D eigenvalue weighted by atomic mass is 10.1. The predicted octanol–water partition coefficient (Wildman–Crippen LogP) is 5.06. The molecule has 8 heteroatoms. The van der Waals surface area contributed by atoms with Gasteiger partial charge in [0.25, 0.3) is 11.8 Å². The number of benzene rings is 3. The van der Waals surface area contributed by atoms with E-state index < -0.39 is 23.4 Å². The van der Waals surface area contributed by atoms with E-state index in [4.69, 9.17) is 0 Å². The van der Waals surface area contributed by atoms with E-state index in [0.29, 0.717) is 11.1 Å². The van der Waals surface area contributed by atoms with Crippen LogP contribution >= 0.6 is 0 Å². The number of para-hydroxylation sites is 2. The van der Waals surface area contributed by atoms with Crippen LogP contribution in [0, 0.1) is 34.3 Å². The first-order valence-electron chi connectivity index (χ1n) is 9.86. The number of carbonyl (C=O) groups is 2. The Morgan fingerprint density at radius 1 is 0.676 bits per heavy atom. The van der Waals surface area contributed by atoms with Crippen molar-refractivity contribution < 1.29 is 18.4 Å². The fraction of sp³-hybridized carbons (Fsp3) is 0. The van der Waals surface area contributed by atoms with Gasteiger partial charge in [-0.15, -0.1) is 0 Å².